The van der Waals surface area contributed by atoms with Gasteiger partial charge in [0.25, 0.3) is 0 Å². The summed E-state index contributed by atoms with van der Waals surface area (Å²) in [5, 5.41) is 3.33. The van der Waals surface area contributed by atoms with Crippen LogP contribution in [0.15, 0.2) is 18.2 Å². The zero-order valence-corrected chi connectivity index (χ0v) is 12.8. The minimum atomic E-state index is -4.11. The molecular weight excluding hydrogens is 281 g/mol. The largest absolute Gasteiger partial charge is 0.389 e. The van der Waals surface area contributed by atoms with Crippen molar-refractivity contribution in [2.24, 2.45) is 0 Å². The molecule has 0 atom stereocenters. The summed E-state index contributed by atoms with van der Waals surface area (Å²) in [6, 6.07) is 5.59. The molecule has 0 aliphatic rings. The monoisotopic (exact) mass is 304 g/mol. The molecule has 21 heavy (non-hydrogen) atoms. The lowest BCUT2D eigenvalue weighted by Gasteiger charge is -2.20. The summed E-state index contributed by atoms with van der Waals surface area (Å²) in [5.74, 6) is 0. The Kier molecular flexibility index (Phi) is 6.61. The standard InChI is InChI=1S/C15H23F3N2O/c1-14(2,3)19-10-12-6-4-7-13(20-12)11-21-9-5-8-15(16,17)18/h4,6-7,19H,5,8-11H2,1-3H3. The SMILES string of the molecule is CC(C)(C)NCc1cccc(COCCCC(F)(F)F)n1. The molecular formula is C15H23F3N2O. The van der Waals surface area contributed by atoms with E-state index in [0.717, 1.165) is 11.4 Å². The van der Waals surface area contributed by atoms with Gasteiger partial charge >= 0.3 is 6.18 Å². The molecule has 1 aromatic heterocycles. The van der Waals surface area contributed by atoms with Crippen LogP contribution in [0, 0.1) is 0 Å². The van der Waals surface area contributed by atoms with Crippen LogP contribution in [0.5, 0.6) is 0 Å². The number of nitrogens with one attached hydrogen (secondary N) is 1. The molecule has 1 heterocycles. The van der Waals surface area contributed by atoms with E-state index in [9.17, 15) is 13.2 Å². The maximum atomic E-state index is 12.0. The normalized spacial score (nSPS) is 12.7. The molecule has 0 radical (unpaired) electrons. The van der Waals surface area contributed by atoms with Crippen LogP contribution in [0.2, 0.25) is 0 Å². The van der Waals surface area contributed by atoms with Crippen molar-refractivity contribution in [2.75, 3.05) is 6.61 Å². The number of halogens is 3. The molecule has 0 spiro atoms. The van der Waals surface area contributed by atoms with E-state index in [1.807, 2.05) is 18.2 Å². The lowest BCUT2D eigenvalue weighted by molar-refractivity contribution is -0.138. The van der Waals surface area contributed by atoms with Gasteiger partial charge < -0.3 is 10.1 Å². The molecule has 0 saturated carbocycles. The minimum absolute atomic E-state index is 0.00573. The van der Waals surface area contributed by atoms with Crippen LogP contribution in [0.1, 0.15) is 45.0 Å². The van der Waals surface area contributed by atoms with E-state index in [4.69, 9.17) is 4.74 Å². The highest BCUT2D eigenvalue weighted by molar-refractivity contribution is 5.10. The summed E-state index contributed by atoms with van der Waals surface area (Å²) in [6.45, 7) is 7.18. The molecule has 0 bridgehead atoms. The summed E-state index contributed by atoms with van der Waals surface area (Å²) in [5.41, 5.74) is 1.63. The van der Waals surface area contributed by atoms with E-state index in [0.29, 0.717) is 6.54 Å². The second-order valence-corrected chi connectivity index (χ2v) is 6.00. The van der Waals surface area contributed by atoms with Gasteiger partial charge in [-0.15, -0.1) is 0 Å². The van der Waals surface area contributed by atoms with Crippen molar-refractivity contribution in [3.8, 4) is 0 Å². The summed E-state index contributed by atoms with van der Waals surface area (Å²) in [6.07, 6.45) is -4.94. The quantitative estimate of drug-likeness (QED) is 0.777. The molecule has 0 amide bonds. The first-order chi connectivity index (χ1) is 9.66. The summed E-state index contributed by atoms with van der Waals surface area (Å²) < 4.78 is 41.1. The van der Waals surface area contributed by atoms with Crippen molar-refractivity contribution in [2.45, 2.75) is 58.5 Å². The van der Waals surface area contributed by atoms with E-state index in [-0.39, 0.29) is 25.2 Å². The van der Waals surface area contributed by atoms with Crippen molar-refractivity contribution in [1.29, 1.82) is 0 Å². The van der Waals surface area contributed by atoms with Crippen LogP contribution in [0.4, 0.5) is 13.2 Å². The van der Waals surface area contributed by atoms with Gasteiger partial charge in [-0.3, -0.25) is 4.98 Å². The van der Waals surface area contributed by atoms with Crippen molar-refractivity contribution in [3.05, 3.63) is 29.6 Å². The fourth-order valence-corrected chi connectivity index (χ4v) is 1.62. The fraction of sp³-hybridized carbons (Fsp3) is 0.667. The van der Waals surface area contributed by atoms with Gasteiger partial charge in [-0.1, -0.05) is 6.07 Å². The van der Waals surface area contributed by atoms with Crippen molar-refractivity contribution >= 4 is 0 Å². The number of pyridine rings is 1. The number of hydrogen-bond donors (Lipinski definition) is 1. The highest BCUT2D eigenvalue weighted by Crippen LogP contribution is 2.21. The van der Waals surface area contributed by atoms with Crippen molar-refractivity contribution < 1.29 is 17.9 Å². The number of nitrogens with zero attached hydrogens (tertiary/aromatic N) is 1. The third kappa shape index (κ3) is 9.42. The number of alkyl halides is 3. The van der Waals surface area contributed by atoms with Crippen LogP contribution in [-0.4, -0.2) is 23.3 Å². The van der Waals surface area contributed by atoms with E-state index >= 15 is 0 Å². The molecule has 120 valence electrons. The van der Waals surface area contributed by atoms with Gasteiger partial charge in [-0.2, -0.15) is 13.2 Å². The molecule has 1 rings (SSSR count). The predicted molar refractivity (Wildman–Crippen MR) is 75.8 cm³/mol. The lowest BCUT2D eigenvalue weighted by Crippen LogP contribution is -2.35. The Morgan fingerprint density at radius 3 is 2.43 bits per heavy atom. The molecule has 0 fully saturated rings. The number of aromatic nitrogens is 1. The fourth-order valence-electron chi connectivity index (χ4n) is 1.62. The third-order valence-electron chi connectivity index (χ3n) is 2.66. The van der Waals surface area contributed by atoms with Gasteiger partial charge in [0.15, 0.2) is 0 Å². The molecule has 0 saturated heterocycles. The first-order valence-corrected chi connectivity index (χ1v) is 7.00. The predicted octanol–water partition coefficient (Wildman–Crippen LogP) is 3.83. The van der Waals surface area contributed by atoms with Crippen LogP contribution in [-0.2, 0) is 17.9 Å². The van der Waals surface area contributed by atoms with Gasteiger partial charge in [0.1, 0.15) is 0 Å². The Labute approximate surface area is 123 Å². The Bertz CT molecular complexity index is 428. The van der Waals surface area contributed by atoms with E-state index in [1.54, 1.807) is 0 Å². The molecule has 3 nitrogen and oxygen atoms in total. The Hall–Kier alpha value is -1.14. The van der Waals surface area contributed by atoms with E-state index in [1.165, 1.54) is 0 Å². The summed E-state index contributed by atoms with van der Waals surface area (Å²) >= 11 is 0. The maximum Gasteiger partial charge on any atom is 0.389 e. The maximum absolute atomic E-state index is 12.0. The molecule has 6 heteroatoms. The van der Waals surface area contributed by atoms with Crippen molar-refractivity contribution in [3.63, 3.8) is 0 Å². The second-order valence-electron chi connectivity index (χ2n) is 6.00. The Morgan fingerprint density at radius 2 is 1.81 bits per heavy atom. The Morgan fingerprint density at radius 1 is 1.14 bits per heavy atom. The zero-order chi connectivity index (χ0) is 15.9. The van der Waals surface area contributed by atoms with Gasteiger partial charge in [0.05, 0.1) is 18.0 Å². The molecule has 0 unspecified atom stereocenters. The molecule has 0 aliphatic carbocycles. The highest BCUT2D eigenvalue weighted by Gasteiger charge is 2.25. The molecule has 0 aliphatic heterocycles. The topological polar surface area (TPSA) is 34.1 Å². The average Bonchev–Trinajstić information content (AvgIpc) is 2.34. The number of hydrogen-bond acceptors (Lipinski definition) is 3. The van der Waals surface area contributed by atoms with Crippen LogP contribution in [0.25, 0.3) is 0 Å². The average molecular weight is 304 g/mol. The van der Waals surface area contributed by atoms with E-state index < -0.39 is 12.6 Å². The first kappa shape index (κ1) is 17.9. The van der Waals surface area contributed by atoms with Gasteiger partial charge in [0, 0.05) is 25.1 Å². The number of rotatable bonds is 7. The lowest BCUT2D eigenvalue weighted by atomic mass is 10.1. The summed E-state index contributed by atoms with van der Waals surface area (Å²) in [4.78, 5) is 4.41. The third-order valence-corrected chi connectivity index (χ3v) is 2.66. The molecule has 1 N–H and O–H groups in total. The first-order valence-electron chi connectivity index (χ1n) is 7.00. The molecule has 0 aromatic carbocycles. The van der Waals surface area contributed by atoms with Gasteiger partial charge in [0.2, 0.25) is 0 Å². The zero-order valence-electron chi connectivity index (χ0n) is 12.8. The van der Waals surface area contributed by atoms with Crippen molar-refractivity contribution in [1.82, 2.24) is 10.3 Å². The number of ether oxygens (including phenoxy) is 1. The highest BCUT2D eigenvalue weighted by atomic mass is 19.4. The minimum Gasteiger partial charge on any atom is -0.375 e. The second kappa shape index (κ2) is 7.75. The molecule has 1 aromatic rings. The van der Waals surface area contributed by atoms with Crippen LogP contribution < -0.4 is 5.32 Å². The van der Waals surface area contributed by atoms with Gasteiger partial charge in [-0.25, -0.2) is 0 Å². The van der Waals surface area contributed by atoms with Crippen LogP contribution >= 0.6 is 0 Å². The smallest absolute Gasteiger partial charge is 0.375 e. The Balaban J connectivity index is 2.32. The van der Waals surface area contributed by atoms with Gasteiger partial charge in [-0.05, 0) is 39.3 Å². The van der Waals surface area contributed by atoms with Crippen LogP contribution in [0.3, 0.4) is 0 Å². The summed E-state index contributed by atoms with van der Waals surface area (Å²) in [7, 11) is 0. The van der Waals surface area contributed by atoms with E-state index in [2.05, 4.69) is 31.1 Å².